The average molecular weight is 316 g/mol. The molecular formula is C14H24N2O2S2. The van der Waals surface area contributed by atoms with Gasteiger partial charge < -0.3 is 5.32 Å². The van der Waals surface area contributed by atoms with Crippen molar-refractivity contribution in [3.05, 3.63) is 16.3 Å². The molecule has 114 valence electrons. The lowest BCUT2D eigenvalue weighted by Crippen LogP contribution is -2.27. The van der Waals surface area contributed by atoms with Crippen molar-refractivity contribution in [3.8, 4) is 0 Å². The molecule has 4 nitrogen and oxygen atoms in total. The minimum absolute atomic E-state index is 0.294. The lowest BCUT2D eigenvalue weighted by atomic mass is 10.1. The minimum atomic E-state index is -3.37. The predicted molar refractivity (Wildman–Crippen MR) is 83.4 cm³/mol. The second-order valence-corrected chi connectivity index (χ2v) is 8.86. The Morgan fingerprint density at radius 2 is 2.15 bits per heavy atom. The van der Waals surface area contributed by atoms with Gasteiger partial charge in [-0.15, -0.1) is 11.3 Å². The maximum atomic E-state index is 12.4. The predicted octanol–water partition coefficient (Wildman–Crippen LogP) is 2.57. The summed E-state index contributed by atoms with van der Waals surface area (Å²) in [6.45, 7) is 8.52. The van der Waals surface area contributed by atoms with Crippen LogP contribution in [0.25, 0.3) is 0 Å². The Balaban J connectivity index is 1.97. The van der Waals surface area contributed by atoms with Gasteiger partial charge in [-0.1, -0.05) is 20.8 Å². The molecule has 2 rings (SSSR count). The van der Waals surface area contributed by atoms with Gasteiger partial charge in [-0.05, 0) is 42.2 Å². The smallest absolute Gasteiger partial charge is 0.241 e. The molecule has 1 fully saturated rings. The molecule has 0 saturated heterocycles. The molecule has 0 spiro atoms. The van der Waals surface area contributed by atoms with Crippen LogP contribution in [0.4, 0.5) is 0 Å². The average Bonchev–Trinajstić information content (AvgIpc) is 2.76. The molecule has 1 heterocycles. The van der Waals surface area contributed by atoms with Crippen molar-refractivity contribution >= 4 is 21.4 Å². The number of rotatable bonds is 8. The molecule has 0 bridgehead atoms. The van der Waals surface area contributed by atoms with Gasteiger partial charge in [0.2, 0.25) is 10.0 Å². The third-order valence-corrected chi connectivity index (χ3v) is 6.50. The fraction of sp³-hybridized carbons (Fsp3) is 0.714. The van der Waals surface area contributed by atoms with E-state index in [9.17, 15) is 8.42 Å². The third kappa shape index (κ3) is 3.81. The van der Waals surface area contributed by atoms with Gasteiger partial charge in [0.1, 0.15) is 0 Å². The SMILES string of the molecule is CCCNCc1sccc1S(=O)(=O)NCC1CC1(C)C. The largest absolute Gasteiger partial charge is 0.312 e. The van der Waals surface area contributed by atoms with Crippen LogP contribution in [0.1, 0.15) is 38.5 Å². The van der Waals surface area contributed by atoms with Crippen LogP contribution >= 0.6 is 11.3 Å². The van der Waals surface area contributed by atoms with Crippen LogP contribution in [0, 0.1) is 11.3 Å². The molecule has 0 aromatic carbocycles. The maximum Gasteiger partial charge on any atom is 0.241 e. The van der Waals surface area contributed by atoms with E-state index in [1.165, 1.54) is 11.3 Å². The first-order chi connectivity index (χ1) is 9.37. The summed E-state index contributed by atoms with van der Waals surface area (Å²) in [6.07, 6.45) is 2.15. The minimum Gasteiger partial charge on any atom is -0.312 e. The monoisotopic (exact) mass is 316 g/mol. The van der Waals surface area contributed by atoms with Crippen molar-refractivity contribution in [1.82, 2.24) is 10.0 Å². The molecule has 0 amide bonds. The summed E-state index contributed by atoms with van der Waals surface area (Å²) in [5.74, 6) is 0.470. The Kier molecular flexibility index (Phi) is 4.89. The number of thiophene rings is 1. The summed E-state index contributed by atoms with van der Waals surface area (Å²) in [7, 11) is -3.37. The first kappa shape index (κ1) is 15.9. The highest BCUT2D eigenvalue weighted by atomic mass is 32.2. The Morgan fingerprint density at radius 1 is 1.45 bits per heavy atom. The lowest BCUT2D eigenvalue weighted by molar-refractivity contribution is 0.537. The van der Waals surface area contributed by atoms with Crippen LogP contribution < -0.4 is 10.0 Å². The summed E-state index contributed by atoms with van der Waals surface area (Å²) in [5, 5.41) is 5.10. The third-order valence-electron chi connectivity index (χ3n) is 3.94. The van der Waals surface area contributed by atoms with Crippen molar-refractivity contribution in [2.75, 3.05) is 13.1 Å². The zero-order valence-corrected chi connectivity index (χ0v) is 14.0. The van der Waals surface area contributed by atoms with Crippen LogP contribution in [0.15, 0.2) is 16.3 Å². The zero-order valence-electron chi connectivity index (χ0n) is 12.4. The molecular weight excluding hydrogens is 292 g/mol. The van der Waals surface area contributed by atoms with Gasteiger partial charge in [-0.2, -0.15) is 0 Å². The van der Waals surface area contributed by atoms with Crippen molar-refractivity contribution in [2.24, 2.45) is 11.3 Å². The van der Waals surface area contributed by atoms with Gasteiger partial charge in [-0.25, -0.2) is 13.1 Å². The highest BCUT2D eigenvalue weighted by Gasteiger charge is 2.45. The molecule has 20 heavy (non-hydrogen) atoms. The zero-order chi connectivity index (χ0) is 14.8. The Morgan fingerprint density at radius 3 is 2.75 bits per heavy atom. The van der Waals surface area contributed by atoms with Gasteiger partial charge >= 0.3 is 0 Å². The fourth-order valence-electron chi connectivity index (χ4n) is 2.29. The van der Waals surface area contributed by atoms with E-state index in [4.69, 9.17) is 0 Å². The van der Waals surface area contributed by atoms with Crippen molar-refractivity contribution in [1.29, 1.82) is 0 Å². The second kappa shape index (κ2) is 6.13. The van der Waals surface area contributed by atoms with E-state index in [2.05, 4.69) is 30.8 Å². The summed E-state index contributed by atoms with van der Waals surface area (Å²) < 4.78 is 27.5. The fourth-order valence-corrected chi connectivity index (χ4v) is 4.78. The van der Waals surface area contributed by atoms with Gasteiger partial charge in [0.05, 0.1) is 4.90 Å². The molecule has 1 atom stereocenters. The van der Waals surface area contributed by atoms with Crippen LogP contribution in [0.2, 0.25) is 0 Å². The summed E-state index contributed by atoms with van der Waals surface area (Å²) in [5.41, 5.74) is 0.294. The van der Waals surface area contributed by atoms with Gasteiger partial charge in [0, 0.05) is 18.0 Å². The highest BCUT2D eigenvalue weighted by molar-refractivity contribution is 7.89. The molecule has 1 aromatic heterocycles. The molecule has 6 heteroatoms. The Bertz CT molecular complexity index is 549. The summed E-state index contributed by atoms with van der Waals surface area (Å²) >= 11 is 1.49. The van der Waals surface area contributed by atoms with E-state index >= 15 is 0 Å². The molecule has 1 saturated carbocycles. The van der Waals surface area contributed by atoms with E-state index < -0.39 is 10.0 Å². The van der Waals surface area contributed by atoms with Crippen LogP contribution in [0.5, 0.6) is 0 Å². The highest BCUT2D eigenvalue weighted by Crippen LogP contribution is 2.51. The molecule has 1 unspecified atom stereocenters. The first-order valence-electron chi connectivity index (χ1n) is 7.13. The molecule has 1 aliphatic rings. The van der Waals surface area contributed by atoms with Crippen LogP contribution in [-0.2, 0) is 16.6 Å². The number of sulfonamides is 1. The van der Waals surface area contributed by atoms with Crippen molar-refractivity contribution in [3.63, 3.8) is 0 Å². The van der Waals surface area contributed by atoms with E-state index in [1.807, 2.05) is 5.38 Å². The summed E-state index contributed by atoms with van der Waals surface area (Å²) in [6, 6.07) is 1.70. The van der Waals surface area contributed by atoms with Crippen molar-refractivity contribution < 1.29 is 8.42 Å². The van der Waals surface area contributed by atoms with E-state index in [0.717, 1.165) is 24.3 Å². The Hall–Kier alpha value is -0.430. The molecule has 0 aliphatic heterocycles. The topological polar surface area (TPSA) is 58.2 Å². The standard InChI is InChI=1S/C14H24N2O2S2/c1-4-6-15-10-12-13(5-7-19-12)20(17,18)16-9-11-8-14(11,2)3/h5,7,11,15-16H,4,6,8-10H2,1-3H3. The number of hydrogen-bond acceptors (Lipinski definition) is 4. The van der Waals surface area contributed by atoms with E-state index in [-0.39, 0.29) is 0 Å². The quantitative estimate of drug-likeness (QED) is 0.725. The maximum absolute atomic E-state index is 12.4. The van der Waals surface area contributed by atoms with Gasteiger partial charge in [0.15, 0.2) is 0 Å². The van der Waals surface area contributed by atoms with E-state index in [0.29, 0.717) is 29.3 Å². The normalized spacial score (nSPS) is 21.1. The molecule has 0 radical (unpaired) electrons. The molecule has 2 N–H and O–H groups in total. The Labute approximate surface area is 126 Å². The van der Waals surface area contributed by atoms with Gasteiger partial charge in [-0.3, -0.25) is 0 Å². The van der Waals surface area contributed by atoms with Crippen molar-refractivity contribution in [2.45, 2.75) is 45.1 Å². The van der Waals surface area contributed by atoms with Crippen LogP contribution in [0.3, 0.4) is 0 Å². The number of hydrogen-bond donors (Lipinski definition) is 2. The molecule has 1 aliphatic carbocycles. The molecule has 1 aromatic rings. The van der Waals surface area contributed by atoms with Gasteiger partial charge in [0.25, 0.3) is 0 Å². The van der Waals surface area contributed by atoms with E-state index in [1.54, 1.807) is 6.07 Å². The lowest BCUT2D eigenvalue weighted by Gasteiger charge is -2.09. The number of nitrogens with one attached hydrogen (secondary N) is 2. The second-order valence-electron chi connectivity index (χ2n) is 6.13. The first-order valence-corrected chi connectivity index (χ1v) is 9.50. The van der Waals surface area contributed by atoms with Crippen LogP contribution in [-0.4, -0.2) is 21.5 Å². The summed E-state index contributed by atoms with van der Waals surface area (Å²) in [4.78, 5) is 1.32.